The zero-order valence-electron chi connectivity index (χ0n) is 22.0. The van der Waals surface area contributed by atoms with Crippen molar-refractivity contribution in [3.05, 3.63) is 93.2 Å². The van der Waals surface area contributed by atoms with Gasteiger partial charge in [-0.1, -0.05) is 61.3 Å². The molecule has 0 saturated carbocycles. The number of para-hydroxylation sites is 1. The Morgan fingerprint density at radius 2 is 1.76 bits per heavy atom. The average Bonchev–Trinajstić information content (AvgIpc) is 3.30. The Labute approximate surface area is 234 Å². The average molecular weight is 573 g/mol. The molecule has 0 aliphatic heterocycles. The van der Waals surface area contributed by atoms with E-state index in [2.05, 4.69) is 50.3 Å². The molecule has 0 saturated heterocycles. The summed E-state index contributed by atoms with van der Waals surface area (Å²) in [5.74, 6) is 0.815. The van der Waals surface area contributed by atoms with Gasteiger partial charge in [0.1, 0.15) is 23.7 Å². The fraction of sp³-hybridized carbons (Fsp3) is 0.276. The highest BCUT2D eigenvalue weighted by molar-refractivity contribution is 8.33. The Balaban J connectivity index is 1.66. The molecular weight excluding hydrogens is 541 g/mol. The van der Waals surface area contributed by atoms with Crippen molar-refractivity contribution < 1.29 is 14.6 Å². The molecule has 1 heterocycles. The minimum Gasteiger partial charge on any atom is -0.487 e. The summed E-state index contributed by atoms with van der Waals surface area (Å²) >= 11 is 12.9. The molecular formula is C29H31Cl2N3O3S. The summed E-state index contributed by atoms with van der Waals surface area (Å²) in [7, 11) is -1.44. The summed E-state index contributed by atoms with van der Waals surface area (Å²) in [4.78, 5) is 13.8. The Kier molecular flexibility index (Phi) is 8.40. The number of carbonyl (C=O) groups is 1. The third-order valence-corrected chi connectivity index (χ3v) is 11.2. The van der Waals surface area contributed by atoms with Crippen LogP contribution in [0.2, 0.25) is 10.0 Å². The van der Waals surface area contributed by atoms with E-state index in [-0.39, 0.29) is 12.5 Å². The minimum atomic E-state index is -1.44. The van der Waals surface area contributed by atoms with E-state index in [9.17, 15) is 9.90 Å². The highest BCUT2D eigenvalue weighted by atomic mass is 35.5. The molecule has 38 heavy (non-hydrogen) atoms. The highest BCUT2D eigenvalue weighted by Crippen LogP contribution is 2.60. The van der Waals surface area contributed by atoms with Crippen LogP contribution >= 0.6 is 33.2 Å². The van der Waals surface area contributed by atoms with E-state index < -0.39 is 16.0 Å². The van der Waals surface area contributed by atoms with Gasteiger partial charge < -0.3 is 9.84 Å². The summed E-state index contributed by atoms with van der Waals surface area (Å²) in [5, 5.41) is 19.2. The van der Waals surface area contributed by atoms with Crippen LogP contribution in [0.15, 0.2) is 70.5 Å². The fourth-order valence-electron chi connectivity index (χ4n) is 4.50. The lowest BCUT2D eigenvalue weighted by Gasteiger charge is -2.37. The summed E-state index contributed by atoms with van der Waals surface area (Å²) in [6, 6.07) is 18.7. The van der Waals surface area contributed by atoms with Crippen LogP contribution in [0.5, 0.6) is 5.75 Å². The second-order valence-electron chi connectivity index (χ2n) is 9.48. The van der Waals surface area contributed by atoms with Crippen molar-refractivity contribution in [1.29, 1.82) is 0 Å². The molecule has 1 unspecified atom stereocenters. The molecule has 0 bridgehead atoms. The molecule has 0 fully saturated rings. The second kappa shape index (κ2) is 11.4. The summed E-state index contributed by atoms with van der Waals surface area (Å²) in [6.45, 7) is 8.56. The Hall–Kier alpha value is -3.00. The molecule has 0 aliphatic rings. The standard InChI is InChI=1S/C29H31Cl2N3O3S/c1-6-38(5,22-10-7-9-20(16-22)29(35)36)26-14-13-21(15-19(26)4)37-17-25-27(18(2)3)32-33-34(25)28-23(30)11-8-12-24(28)31/h7-16,18H,6,17H2,1-5H3,(H,35,36). The topological polar surface area (TPSA) is 77.2 Å². The van der Waals surface area contributed by atoms with Gasteiger partial charge in [0, 0.05) is 0 Å². The van der Waals surface area contributed by atoms with Gasteiger partial charge in [0.2, 0.25) is 0 Å². The van der Waals surface area contributed by atoms with Crippen LogP contribution in [0.3, 0.4) is 0 Å². The second-order valence-corrected chi connectivity index (χ2v) is 14.0. The van der Waals surface area contributed by atoms with Crippen molar-refractivity contribution >= 4 is 39.2 Å². The Morgan fingerprint density at radius 3 is 2.37 bits per heavy atom. The van der Waals surface area contributed by atoms with Gasteiger partial charge >= 0.3 is 5.97 Å². The number of aryl methyl sites for hydroxylation is 1. The van der Waals surface area contributed by atoms with Gasteiger partial charge in [0.25, 0.3) is 0 Å². The molecule has 3 aromatic carbocycles. The van der Waals surface area contributed by atoms with Gasteiger partial charge in [-0.15, -0.1) is 5.10 Å². The lowest BCUT2D eigenvalue weighted by molar-refractivity contribution is 0.0696. The lowest BCUT2D eigenvalue weighted by Crippen LogP contribution is -2.10. The number of aromatic nitrogens is 3. The molecule has 0 radical (unpaired) electrons. The van der Waals surface area contributed by atoms with Crippen molar-refractivity contribution in [2.75, 3.05) is 12.0 Å². The number of halogens is 2. The zero-order valence-corrected chi connectivity index (χ0v) is 24.4. The first-order valence-corrected chi connectivity index (χ1v) is 15.2. The number of nitrogens with zero attached hydrogens (tertiary/aromatic N) is 3. The van der Waals surface area contributed by atoms with Gasteiger partial charge in [-0.25, -0.2) is 9.48 Å². The maximum Gasteiger partial charge on any atom is 0.335 e. The van der Waals surface area contributed by atoms with Crippen molar-refractivity contribution in [3.63, 3.8) is 0 Å². The quantitative estimate of drug-likeness (QED) is 0.219. The number of hydrogen-bond acceptors (Lipinski definition) is 4. The first kappa shape index (κ1) is 28.0. The third-order valence-electron chi connectivity index (χ3n) is 6.68. The summed E-state index contributed by atoms with van der Waals surface area (Å²) < 4.78 is 7.93. The maximum absolute atomic E-state index is 11.6. The van der Waals surface area contributed by atoms with Gasteiger partial charge in [-0.05, 0) is 88.7 Å². The predicted molar refractivity (Wildman–Crippen MR) is 155 cm³/mol. The number of hydrogen-bond donors (Lipinski definition) is 1. The first-order valence-electron chi connectivity index (χ1n) is 12.3. The van der Waals surface area contributed by atoms with E-state index in [1.807, 2.05) is 24.3 Å². The molecule has 1 atom stereocenters. The van der Waals surface area contributed by atoms with E-state index in [4.69, 9.17) is 27.9 Å². The van der Waals surface area contributed by atoms with Crippen LogP contribution in [-0.4, -0.2) is 38.1 Å². The van der Waals surface area contributed by atoms with Gasteiger partial charge in [-0.2, -0.15) is 10.0 Å². The number of benzene rings is 3. The van der Waals surface area contributed by atoms with Crippen molar-refractivity contribution in [2.45, 2.75) is 50.0 Å². The number of carboxylic acid groups (broad SMARTS) is 1. The van der Waals surface area contributed by atoms with E-state index >= 15 is 0 Å². The molecule has 1 aromatic heterocycles. The predicted octanol–water partition coefficient (Wildman–Crippen LogP) is 8.16. The summed E-state index contributed by atoms with van der Waals surface area (Å²) in [5.41, 5.74) is 3.57. The smallest absolute Gasteiger partial charge is 0.335 e. The van der Waals surface area contributed by atoms with Gasteiger partial charge in [0.15, 0.2) is 0 Å². The van der Waals surface area contributed by atoms with Crippen LogP contribution < -0.4 is 4.74 Å². The van der Waals surface area contributed by atoms with Crippen LogP contribution in [0, 0.1) is 6.92 Å². The lowest BCUT2D eigenvalue weighted by atomic mass is 10.1. The molecule has 4 aromatic rings. The Morgan fingerprint density at radius 1 is 1.08 bits per heavy atom. The molecule has 4 rings (SSSR count). The highest BCUT2D eigenvalue weighted by Gasteiger charge is 2.25. The van der Waals surface area contributed by atoms with Gasteiger partial charge in [-0.3, -0.25) is 0 Å². The van der Waals surface area contributed by atoms with Crippen molar-refractivity contribution in [1.82, 2.24) is 15.0 Å². The first-order chi connectivity index (χ1) is 18.1. The normalized spacial score (nSPS) is 13.8. The minimum absolute atomic E-state index is 0.128. The largest absolute Gasteiger partial charge is 0.487 e. The molecule has 9 heteroatoms. The number of ether oxygens (including phenoxy) is 1. The van der Waals surface area contributed by atoms with E-state index in [1.54, 1.807) is 35.0 Å². The molecule has 0 amide bonds. The van der Waals surface area contributed by atoms with Gasteiger partial charge in [0.05, 0.1) is 21.3 Å². The van der Waals surface area contributed by atoms with E-state index in [1.165, 1.54) is 4.90 Å². The number of carboxylic acids is 1. The third kappa shape index (κ3) is 5.41. The number of rotatable bonds is 9. The number of aromatic carboxylic acids is 1. The molecule has 1 N–H and O–H groups in total. The van der Waals surface area contributed by atoms with Crippen molar-refractivity contribution in [2.24, 2.45) is 0 Å². The molecule has 200 valence electrons. The molecule has 6 nitrogen and oxygen atoms in total. The summed E-state index contributed by atoms with van der Waals surface area (Å²) in [6.07, 6.45) is 2.23. The maximum atomic E-state index is 11.6. The zero-order chi connectivity index (χ0) is 27.6. The molecule has 0 spiro atoms. The SMILES string of the molecule is CCS(C)(c1cccc(C(=O)O)c1)c1ccc(OCc2c(C(C)C)nnn2-c2c(Cl)cccc2Cl)cc1C. The van der Waals surface area contributed by atoms with Crippen LogP contribution in [0.25, 0.3) is 5.69 Å². The van der Waals surface area contributed by atoms with Crippen LogP contribution in [-0.2, 0) is 6.61 Å². The van der Waals surface area contributed by atoms with E-state index in [0.717, 1.165) is 33.3 Å². The fourth-order valence-corrected chi connectivity index (χ4v) is 7.86. The van der Waals surface area contributed by atoms with E-state index in [0.29, 0.717) is 21.3 Å². The molecule has 0 aliphatic carbocycles. The van der Waals surface area contributed by atoms with Crippen LogP contribution in [0.4, 0.5) is 0 Å². The Bertz CT molecular complexity index is 1470. The monoisotopic (exact) mass is 571 g/mol. The van der Waals surface area contributed by atoms with Crippen LogP contribution in [0.1, 0.15) is 54.0 Å². The van der Waals surface area contributed by atoms with Crippen molar-refractivity contribution in [3.8, 4) is 11.4 Å².